The first-order chi connectivity index (χ1) is 5.90. The van der Waals surface area contributed by atoms with Crippen LogP contribution in [0.4, 0.5) is 0 Å². The van der Waals surface area contributed by atoms with Gasteiger partial charge in [-0.25, -0.2) is 4.79 Å². The van der Waals surface area contributed by atoms with Gasteiger partial charge in [0.25, 0.3) is 0 Å². The van der Waals surface area contributed by atoms with Crippen molar-refractivity contribution >= 4 is 5.97 Å². The monoisotopic (exact) mass is 189 g/mol. The Morgan fingerprint density at radius 3 is 2.54 bits per heavy atom. The third kappa shape index (κ3) is 4.85. The second-order valence-corrected chi connectivity index (χ2v) is 3.72. The lowest BCUT2D eigenvalue weighted by molar-refractivity contribution is -0.156. The number of carboxylic acids is 1. The van der Waals surface area contributed by atoms with Gasteiger partial charge in [-0.3, -0.25) is 0 Å². The van der Waals surface area contributed by atoms with Gasteiger partial charge in [0.2, 0.25) is 0 Å². The fourth-order valence-corrected chi connectivity index (χ4v) is 0.782. The van der Waals surface area contributed by atoms with Gasteiger partial charge in [0.15, 0.2) is 5.60 Å². The molecule has 0 aliphatic rings. The van der Waals surface area contributed by atoms with Crippen molar-refractivity contribution in [3.8, 4) is 0 Å². The predicted molar refractivity (Wildman–Crippen MR) is 50.6 cm³/mol. The average molecular weight is 189 g/mol. The Morgan fingerprint density at radius 2 is 2.15 bits per heavy atom. The zero-order valence-electron chi connectivity index (χ0n) is 8.50. The van der Waals surface area contributed by atoms with Crippen LogP contribution in [-0.4, -0.2) is 34.9 Å². The zero-order valence-corrected chi connectivity index (χ0v) is 8.50. The summed E-state index contributed by atoms with van der Waals surface area (Å²) in [5, 5.41) is 20.8. The van der Waals surface area contributed by atoms with Crippen LogP contribution < -0.4 is 5.32 Å². The van der Waals surface area contributed by atoms with Gasteiger partial charge >= 0.3 is 5.97 Å². The maximum atomic E-state index is 10.5. The lowest BCUT2D eigenvalue weighted by Gasteiger charge is -2.19. The van der Waals surface area contributed by atoms with Crippen LogP contribution >= 0.6 is 0 Å². The van der Waals surface area contributed by atoms with Gasteiger partial charge < -0.3 is 15.5 Å². The molecule has 0 aromatic rings. The molecule has 0 rings (SSSR count). The highest BCUT2D eigenvalue weighted by Gasteiger charge is 2.29. The summed E-state index contributed by atoms with van der Waals surface area (Å²) in [6, 6.07) is 0. The summed E-state index contributed by atoms with van der Waals surface area (Å²) >= 11 is 0. The molecule has 0 fully saturated rings. The third-order valence-electron chi connectivity index (χ3n) is 2.12. The molecule has 2 unspecified atom stereocenters. The van der Waals surface area contributed by atoms with E-state index in [0.29, 0.717) is 5.92 Å². The van der Waals surface area contributed by atoms with Gasteiger partial charge in [0.05, 0.1) is 0 Å². The van der Waals surface area contributed by atoms with Crippen molar-refractivity contribution in [2.24, 2.45) is 5.92 Å². The molecule has 4 heteroatoms. The summed E-state index contributed by atoms with van der Waals surface area (Å²) in [6.45, 7) is 6.26. The number of carbonyl (C=O) groups is 1. The maximum absolute atomic E-state index is 10.5. The number of aliphatic carboxylic acids is 1. The molecule has 3 N–H and O–H groups in total. The van der Waals surface area contributed by atoms with Gasteiger partial charge in [-0.1, -0.05) is 20.3 Å². The molecular formula is C9H19NO3. The molecule has 0 saturated carbocycles. The van der Waals surface area contributed by atoms with Crippen LogP contribution in [0.15, 0.2) is 0 Å². The molecular weight excluding hydrogens is 170 g/mol. The topological polar surface area (TPSA) is 69.6 Å². The second-order valence-electron chi connectivity index (χ2n) is 3.72. The Kier molecular flexibility index (Phi) is 4.95. The minimum Gasteiger partial charge on any atom is -0.479 e. The maximum Gasteiger partial charge on any atom is 0.336 e. The van der Waals surface area contributed by atoms with Crippen molar-refractivity contribution in [2.75, 3.05) is 13.1 Å². The molecule has 0 amide bonds. The van der Waals surface area contributed by atoms with Crippen molar-refractivity contribution in [1.82, 2.24) is 5.32 Å². The Hall–Kier alpha value is -0.610. The van der Waals surface area contributed by atoms with E-state index in [-0.39, 0.29) is 6.54 Å². The van der Waals surface area contributed by atoms with E-state index >= 15 is 0 Å². The molecule has 0 aromatic heterocycles. The molecule has 13 heavy (non-hydrogen) atoms. The molecule has 0 radical (unpaired) electrons. The summed E-state index contributed by atoms with van der Waals surface area (Å²) in [5.74, 6) is -0.686. The highest BCUT2D eigenvalue weighted by Crippen LogP contribution is 2.02. The molecule has 78 valence electrons. The number of nitrogens with one attached hydrogen (secondary N) is 1. The lowest BCUT2D eigenvalue weighted by Crippen LogP contribution is -2.45. The number of hydrogen-bond donors (Lipinski definition) is 3. The van der Waals surface area contributed by atoms with Gasteiger partial charge in [-0.05, 0) is 19.4 Å². The molecule has 0 aromatic carbocycles. The van der Waals surface area contributed by atoms with E-state index in [9.17, 15) is 9.90 Å². The van der Waals surface area contributed by atoms with Crippen molar-refractivity contribution < 1.29 is 15.0 Å². The van der Waals surface area contributed by atoms with E-state index in [1.165, 1.54) is 6.92 Å². The molecule has 2 atom stereocenters. The first kappa shape index (κ1) is 12.4. The van der Waals surface area contributed by atoms with E-state index in [1.807, 2.05) is 0 Å². The molecule has 0 aliphatic heterocycles. The van der Waals surface area contributed by atoms with Gasteiger partial charge in [0.1, 0.15) is 0 Å². The zero-order chi connectivity index (χ0) is 10.5. The first-order valence-electron chi connectivity index (χ1n) is 4.56. The summed E-state index contributed by atoms with van der Waals surface area (Å²) in [6.07, 6.45) is 1.04. The van der Waals surface area contributed by atoms with Crippen molar-refractivity contribution in [3.05, 3.63) is 0 Å². The van der Waals surface area contributed by atoms with Crippen molar-refractivity contribution in [2.45, 2.75) is 32.8 Å². The molecule has 4 nitrogen and oxygen atoms in total. The van der Waals surface area contributed by atoms with E-state index in [1.54, 1.807) is 0 Å². The Bertz CT molecular complexity index is 168. The second kappa shape index (κ2) is 5.19. The standard InChI is InChI=1S/C9H19NO3/c1-4-7(2)5-10-6-9(3,13)8(11)12/h7,10,13H,4-6H2,1-3H3,(H,11,12). The molecule has 0 aliphatic carbocycles. The summed E-state index contributed by atoms with van der Waals surface area (Å²) in [5.41, 5.74) is -1.66. The summed E-state index contributed by atoms with van der Waals surface area (Å²) in [4.78, 5) is 10.5. The average Bonchev–Trinajstić information content (AvgIpc) is 2.03. The SMILES string of the molecule is CCC(C)CNCC(C)(O)C(=O)O. The highest BCUT2D eigenvalue weighted by atomic mass is 16.4. The van der Waals surface area contributed by atoms with Crippen LogP contribution in [0.5, 0.6) is 0 Å². The van der Waals surface area contributed by atoms with E-state index in [4.69, 9.17) is 5.11 Å². The highest BCUT2D eigenvalue weighted by molar-refractivity contribution is 5.76. The Labute approximate surface area is 79.0 Å². The molecule has 0 heterocycles. The van der Waals surface area contributed by atoms with E-state index in [2.05, 4.69) is 19.2 Å². The smallest absolute Gasteiger partial charge is 0.336 e. The fraction of sp³-hybridized carbons (Fsp3) is 0.889. The normalized spacial score (nSPS) is 17.8. The number of rotatable bonds is 6. The van der Waals surface area contributed by atoms with Crippen LogP contribution in [0.1, 0.15) is 27.2 Å². The van der Waals surface area contributed by atoms with E-state index in [0.717, 1.165) is 13.0 Å². The molecule has 0 spiro atoms. The molecule has 0 saturated heterocycles. The number of carboxylic acid groups (broad SMARTS) is 1. The van der Waals surface area contributed by atoms with Gasteiger partial charge in [0, 0.05) is 6.54 Å². The van der Waals surface area contributed by atoms with Crippen LogP contribution in [0, 0.1) is 5.92 Å². The van der Waals surface area contributed by atoms with Crippen molar-refractivity contribution in [1.29, 1.82) is 0 Å². The predicted octanol–water partition coefficient (Wildman–Crippen LogP) is 0.458. The van der Waals surface area contributed by atoms with Crippen LogP contribution in [0.2, 0.25) is 0 Å². The quantitative estimate of drug-likeness (QED) is 0.567. The Morgan fingerprint density at radius 1 is 1.62 bits per heavy atom. The fourth-order valence-electron chi connectivity index (χ4n) is 0.782. The Balaban J connectivity index is 3.70. The summed E-state index contributed by atoms with van der Waals surface area (Å²) in [7, 11) is 0. The van der Waals surface area contributed by atoms with Crippen LogP contribution in [-0.2, 0) is 4.79 Å². The lowest BCUT2D eigenvalue weighted by atomic mass is 10.1. The van der Waals surface area contributed by atoms with Gasteiger partial charge in [-0.15, -0.1) is 0 Å². The van der Waals surface area contributed by atoms with E-state index < -0.39 is 11.6 Å². The van der Waals surface area contributed by atoms with Crippen LogP contribution in [0.25, 0.3) is 0 Å². The number of aliphatic hydroxyl groups is 1. The van der Waals surface area contributed by atoms with Crippen molar-refractivity contribution in [3.63, 3.8) is 0 Å². The minimum absolute atomic E-state index is 0.0900. The minimum atomic E-state index is -1.66. The molecule has 0 bridgehead atoms. The largest absolute Gasteiger partial charge is 0.479 e. The third-order valence-corrected chi connectivity index (χ3v) is 2.12. The van der Waals surface area contributed by atoms with Crippen LogP contribution in [0.3, 0.4) is 0 Å². The summed E-state index contributed by atoms with van der Waals surface area (Å²) < 4.78 is 0. The number of hydrogen-bond acceptors (Lipinski definition) is 3. The van der Waals surface area contributed by atoms with Gasteiger partial charge in [-0.2, -0.15) is 0 Å². The first-order valence-corrected chi connectivity index (χ1v) is 4.56.